The monoisotopic (exact) mass is 352 g/mol. The molecule has 0 saturated carbocycles. The number of halogens is 1. The first-order valence-corrected chi connectivity index (χ1v) is 10.4. The van der Waals surface area contributed by atoms with Gasteiger partial charge in [-0.25, -0.2) is 0 Å². The van der Waals surface area contributed by atoms with E-state index in [2.05, 4.69) is 25.7 Å². The first kappa shape index (κ1) is 15.7. The van der Waals surface area contributed by atoms with Crippen LogP contribution in [0.1, 0.15) is 65.7 Å². The van der Waals surface area contributed by atoms with Crippen LogP contribution in [0.5, 0.6) is 0 Å². The molecule has 0 radical (unpaired) electrons. The second-order valence-electron chi connectivity index (χ2n) is 5.40. The Morgan fingerprint density at radius 1 is 1.24 bits per heavy atom. The zero-order valence-corrected chi connectivity index (χ0v) is 14.2. The molecule has 0 aromatic carbocycles. The van der Waals surface area contributed by atoms with Crippen molar-refractivity contribution in [1.82, 2.24) is 4.90 Å². The molecule has 2 unspecified atom stereocenters. The average Bonchev–Trinajstić information content (AvgIpc) is 2.47. The normalized spacial score (nSPS) is 26.4. The Labute approximate surface area is 119 Å². The summed E-state index contributed by atoms with van der Waals surface area (Å²) in [5, 5.41) is 0. The molecular formula is C15H31IN-. The van der Waals surface area contributed by atoms with Crippen molar-refractivity contribution >= 4 is 0 Å². The molecule has 0 bridgehead atoms. The van der Waals surface area contributed by atoms with Gasteiger partial charge in [-0.1, -0.05) is 0 Å². The zero-order chi connectivity index (χ0) is 12.5. The van der Waals surface area contributed by atoms with Gasteiger partial charge < -0.3 is 0 Å². The molecule has 0 aromatic rings. The summed E-state index contributed by atoms with van der Waals surface area (Å²) < 4.78 is 2.67. The van der Waals surface area contributed by atoms with Gasteiger partial charge in [-0.05, 0) is 0 Å². The summed E-state index contributed by atoms with van der Waals surface area (Å²) in [6.07, 6.45) is 10.1. The van der Waals surface area contributed by atoms with E-state index in [1.165, 1.54) is 58.0 Å². The van der Waals surface area contributed by atoms with Crippen molar-refractivity contribution in [1.29, 1.82) is 0 Å². The number of rotatable bonds is 5. The van der Waals surface area contributed by atoms with Gasteiger partial charge in [0, 0.05) is 0 Å². The average molecular weight is 352 g/mol. The Morgan fingerprint density at radius 3 is 2.76 bits per heavy atom. The number of hydrogen-bond acceptors (Lipinski definition) is 1. The molecule has 0 aromatic heterocycles. The van der Waals surface area contributed by atoms with Crippen LogP contribution in [0.3, 0.4) is 0 Å². The molecule has 2 atom stereocenters. The number of nitrogens with zero attached hydrogens (tertiary/aromatic N) is 1. The molecule has 0 amide bonds. The second-order valence-corrected chi connectivity index (χ2v) is 9.12. The molecule has 17 heavy (non-hydrogen) atoms. The number of unbranched alkanes of at least 4 members (excludes halogenated alkanes) is 1. The van der Waals surface area contributed by atoms with Crippen molar-refractivity contribution in [3.05, 3.63) is 0 Å². The van der Waals surface area contributed by atoms with Gasteiger partial charge in [0.2, 0.25) is 0 Å². The molecule has 0 N–H and O–H groups in total. The van der Waals surface area contributed by atoms with E-state index in [4.69, 9.17) is 0 Å². The predicted octanol–water partition coefficient (Wildman–Crippen LogP) is 0.919. The van der Waals surface area contributed by atoms with Crippen molar-refractivity contribution in [3.63, 3.8) is 0 Å². The first-order valence-electron chi connectivity index (χ1n) is 7.59. The first-order chi connectivity index (χ1) is 8.27. The SMILES string of the molecule is CCCCC1CN(C(C)CC)CCCCC[I-]1. The van der Waals surface area contributed by atoms with Gasteiger partial charge in [0.15, 0.2) is 0 Å². The maximum atomic E-state index is 2.80. The fourth-order valence-electron chi connectivity index (χ4n) is 2.46. The molecule has 1 aliphatic heterocycles. The molecule has 1 fully saturated rings. The summed E-state index contributed by atoms with van der Waals surface area (Å²) in [7, 11) is 0. The van der Waals surface area contributed by atoms with E-state index in [1.54, 1.807) is 4.43 Å². The summed E-state index contributed by atoms with van der Waals surface area (Å²) in [5.41, 5.74) is 0. The van der Waals surface area contributed by atoms with Gasteiger partial charge in [-0.15, -0.1) is 0 Å². The predicted molar refractivity (Wildman–Crippen MR) is 73.4 cm³/mol. The standard InChI is InChI=1S/C15H31IN/c1-4-6-10-15-13-17(14(3)5-2)12-9-7-8-11-16-15/h14-15H,4-13H2,1-3H3/q-1. The number of alkyl halides is 2. The molecule has 2 heteroatoms. The van der Waals surface area contributed by atoms with Crippen LogP contribution in [0.4, 0.5) is 0 Å². The Balaban J connectivity index is 2.48. The van der Waals surface area contributed by atoms with Crippen LogP contribution in [0.2, 0.25) is 0 Å². The topological polar surface area (TPSA) is 3.24 Å². The molecular weight excluding hydrogens is 321 g/mol. The van der Waals surface area contributed by atoms with Gasteiger partial charge in [0.05, 0.1) is 0 Å². The molecule has 1 aliphatic rings. The minimum atomic E-state index is 0.474. The van der Waals surface area contributed by atoms with E-state index in [0.717, 1.165) is 9.97 Å². The van der Waals surface area contributed by atoms with Crippen molar-refractivity contribution in [2.75, 3.05) is 17.5 Å². The van der Waals surface area contributed by atoms with E-state index < -0.39 is 0 Å². The third kappa shape index (κ3) is 6.42. The van der Waals surface area contributed by atoms with Crippen LogP contribution in [-0.4, -0.2) is 32.4 Å². The van der Waals surface area contributed by atoms with Crippen LogP contribution in [0.15, 0.2) is 0 Å². The summed E-state index contributed by atoms with van der Waals surface area (Å²) in [5.74, 6) is 0. The molecule has 1 saturated heterocycles. The summed E-state index contributed by atoms with van der Waals surface area (Å²) in [6, 6.07) is 0.807. The molecule has 1 heterocycles. The molecule has 104 valence electrons. The third-order valence-corrected chi connectivity index (χ3v) is 7.57. The summed E-state index contributed by atoms with van der Waals surface area (Å²) >= 11 is 0.474. The van der Waals surface area contributed by atoms with Crippen molar-refractivity contribution in [2.24, 2.45) is 0 Å². The van der Waals surface area contributed by atoms with Gasteiger partial charge in [0.25, 0.3) is 0 Å². The Kier molecular flexibility index (Phi) is 8.89. The number of hydrogen-bond donors (Lipinski definition) is 0. The van der Waals surface area contributed by atoms with Crippen molar-refractivity contribution in [2.45, 2.75) is 75.7 Å². The van der Waals surface area contributed by atoms with Gasteiger partial charge in [-0.3, -0.25) is 0 Å². The molecule has 1 nitrogen and oxygen atoms in total. The second kappa shape index (κ2) is 9.60. The summed E-state index contributed by atoms with van der Waals surface area (Å²) in [6.45, 7) is 9.88. The quantitative estimate of drug-likeness (QED) is 0.525. The van der Waals surface area contributed by atoms with Gasteiger partial charge in [0.1, 0.15) is 0 Å². The zero-order valence-electron chi connectivity index (χ0n) is 12.1. The Bertz CT molecular complexity index is 184. The van der Waals surface area contributed by atoms with Crippen LogP contribution < -0.4 is 21.2 Å². The van der Waals surface area contributed by atoms with Crippen LogP contribution in [-0.2, 0) is 0 Å². The molecule has 1 rings (SSSR count). The van der Waals surface area contributed by atoms with Crippen LogP contribution in [0.25, 0.3) is 0 Å². The van der Waals surface area contributed by atoms with E-state index in [1.807, 2.05) is 0 Å². The van der Waals surface area contributed by atoms with E-state index in [9.17, 15) is 0 Å². The van der Waals surface area contributed by atoms with E-state index >= 15 is 0 Å². The maximum absolute atomic E-state index is 2.80. The molecule has 0 spiro atoms. The van der Waals surface area contributed by atoms with E-state index in [0.29, 0.717) is 21.2 Å². The van der Waals surface area contributed by atoms with Crippen LogP contribution >= 0.6 is 0 Å². The molecule has 0 aliphatic carbocycles. The van der Waals surface area contributed by atoms with Crippen LogP contribution in [0, 0.1) is 0 Å². The van der Waals surface area contributed by atoms with Crippen molar-refractivity contribution < 1.29 is 21.2 Å². The fourth-order valence-corrected chi connectivity index (χ4v) is 5.99. The third-order valence-electron chi connectivity index (χ3n) is 3.92. The Morgan fingerprint density at radius 2 is 2.06 bits per heavy atom. The van der Waals surface area contributed by atoms with Crippen molar-refractivity contribution in [3.8, 4) is 0 Å². The van der Waals surface area contributed by atoms with Gasteiger partial charge in [-0.2, -0.15) is 0 Å². The Hall–Kier alpha value is 0.690. The van der Waals surface area contributed by atoms with Gasteiger partial charge >= 0.3 is 119 Å². The fraction of sp³-hybridized carbons (Fsp3) is 1.00. The summed E-state index contributed by atoms with van der Waals surface area (Å²) in [4.78, 5) is 2.80. The van der Waals surface area contributed by atoms with E-state index in [-0.39, 0.29) is 0 Å². The minimum absolute atomic E-state index is 0.474.